The molecular weight excluding hydrogens is 314 g/mol. The Kier molecular flexibility index (Phi) is 6.29. The van der Waals surface area contributed by atoms with E-state index in [1.54, 1.807) is 23.2 Å². The molecule has 1 saturated carbocycles. The monoisotopic (exact) mass is 346 g/mol. The van der Waals surface area contributed by atoms with Gasteiger partial charge in [0.25, 0.3) is 5.91 Å². The Bertz CT molecular complexity index is 564. The zero-order valence-electron chi connectivity index (χ0n) is 15.5. The van der Waals surface area contributed by atoms with Crippen molar-refractivity contribution in [3.8, 4) is 5.88 Å². The highest BCUT2D eigenvalue weighted by molar-refractivity contribution is 5.96. The predicted octanol–water partition coefficient (Wildman–Crippen LogP) is 1.98. The van der Waals surface area contributed by atoms with Crippen molar-refractivity contribution in [2.45, 2.75) is 63.8 Å². The molecule has 2 heterocycles. The van der Waals surface area contributed by atoms with Gasteiger partial charge in [-0.1, -0.05) is 6.42 Å². The molecule has 0 radical (unpaired) electrons. The van der Waals surface area contributed by atoms with Gasteiger partial charge >= 0.3 is 0 Å². The molecule has 3 rings (SSSR count). The van der Waals surface area contributed by atoms with Crippen LogP contribution in [-0.4, -0.2) is 42.7 Å². The van der Waals surface area contributed by atoms with Crippen LogP contribution in [0.1, 0.15) is 68.6 Å². The highest BCUT2D eigenvalue weighted by Crippen LogP contribution is 2.26. The highest BCUT2D eigenvalue weighted by Gasteiger charge is 2.42. The Morgan fingerprint density at radius 1 is 1.20 bits per heavy atom. The van der Waals surface area contributed by atoms with Gasteiger partial charge in [-0.15, -0.1) is 0 Å². The normalized spacial score (nSPS) is 20.8. The number of amides is 1. The van der Waals surface area contributed by atoms with Gasteiger partial charge in [-0.2, -0.15) is 0 Å². The Hall–Kier alpha value is -1.62. The van der Waals surface area contributed by atoms with Crippen molar-refractivity contribution in [3.05, 3.63) is 23.9 Å². The van der Waals surface area contributed by atoms with Crippen LogP contribution in [0, 0.1) is 0 Å². The minimum absolute atomic E-state index is 0.0575. The first-order valence-electron chi connectivity index (χ1n) is 9.96. The van der Waals surface area contributed by atoms with Gasteiger partial charge in [-0.05, 0) is 51.2 Å². The number of carbonyl (C=O) groups is 1. The molecule has 0 aromatic carbocycles. The summed E-state index contributed by atoms with van der Waals surface area (Å²) in [5.41, 5.74) is 0.770. The van der Waals surface area contributed by atoms with E-state index in [-0.39, 0.29) is 11.4 Å². The largest absolute Gasteiger partial charge is 0.477 e. The summed E-state index contributed by atoms with van der Waals surface area (Å²) in [5, 5.41) is 3.23. The highest BCUT2D eigenvalue weighted by atomic mass is 16.5. The molecule has 2 fully saturated rings. The fraction of sp³-hybridized carbons (Fsp3) is 0.700. The fourth-order valence-corrected chi connectivity index (χ4v) is 4.55. The maximum Gasteiger partial charge on any atom is 0.257 e. The summed E-state index contributed by atoms with van der Waals surface area (Å²) in [6.07, 6.45) is 12.0. The first kappa shape index (κ1) is 18.2. The van der Waals surface area contributed by atoms with Crippen LogP contribution in [0.3, 0.4) is 0 Å². The van der Waals surface area contributed by atoms with Crippen molar-refractivity contribution < 1.29 is 14.4 Å². The standard InChI is InChI=1S/C20H31N3O2/c1-2-25-19-17(10-9-13-21-19)18(24)22-16-20(11-5-3-6-12-20)23-14-7-4-8-15-23/h9-10,13H,2-8,11-12,14-16H2,1H3,(H,22,24)/p+1. The molecule has 1 aliphatic heterocycles. The van der Waals surface area contributed by atoms with Crippen LogP contribution in [0.4, 0.5) is 0 Å². The summed E-state index contributed by atoms with van der Waals surface area (Å²) in [4.78, 5) is 18.7. The van der Waals surface area contributed by atoms with Crippen molar-refractivity contribution in [1.82, 2.24) is 10.3 Å². The second-order valence-electron chi connectivity index (χ2n) is 7.48. The number of aromatic nitrogens is 1. The van der Waals surface area contributed by atoms with Gasteiger partial charge in [0.2, 0.25) is 5.88 Å². The summed E-state index contributed by atoms with van der Waals surface area (Å²) in [7, 11) is 0. The van der Waals surface area contributed by atoms with Gasteiger partial charge in [0.1, 0.15) is 11.1 Å². The lowest BCUT2D eigenvalue weighted by molar-refractivity contribution is -0.957. The predicted molar refractivity (Wildman–Crippen MR) is 98.1 cm³/mol. The average molecular weight is 346 g/mol. The zero-order valence-corrected chi connectivity index (χ0v) is 15.5. The fourth-order valence-electron chi connectivity index (χ4n) is 4.55. The Labute approximate surface area is 151 Å². The third-order valence-corrected chi connectivity index (χ3v) is 5.90. The van der Waals surface area contributed by atoms with Crippen LogP contribution in [0.25, 0.3) is 0 Å². The van der Waals surface area contributed by atoms with Crippen molar-refractivity contribution in [1.29, 1.82) is 0 Å². The van der Waals surface area contributed by atoms with E-state index in [9.17, 15) is 4.79 Å². The summed E-state index contributed by atoms with van der Waals surface area (Å²) in [5.74, 6) is 0.378. The number of nitrogens with one attached hydrogen (secondary N) is 2. The lowest BCUT2D eigenvalue weighted by atomic mass is 9.79. The molecule has 1 aromatic rings. The molecule has 1 amide bonds. The molecule has 2 N–H and O–H groups in total. The van der Waals surface area contributed by atoms with Crippen molar-refractivity contribution in [3.63, 3.8) is 0 Å². The molecule has 0 bridgehead atoms. The van der Waals surface area contributed by atoms with Crippen molar-refractivity contribution in [2.75, 3.05) is 26.2 Å². The second-order valence-corrected chi connectivity index (χ2v) is 7.48. The maximum atomic E-state index is 12.8. The van der Waals surface area contributed by atoms with Gasteiger partial charge in [0.05, 0.1) is 26.2 Å². The maximum absolute atomic E-state index is 12.8. The topological polar surface area (TPSA) is 55.7 Å². The van der Waals surface area contributed by atoms with E-state index in [2.05, 4.69) is 10.3 Å². The number of likely N-dealkylation sites (tertiary alicyclic amines) is 1. The second kappa shape index (κ2) is 8.65. The minimum Gasteiger partial charge on any atom is -0.477 e. The summed E-state index contributed by atoms with van der Waals surface area (Å²) in [6.45, 7) is 5.70. The number of carbonyl (C=O) groups excluding carboxylic acids is 1. The van der Waals surface area contributed by atoms with Crippen LogP contribution < -0.4 is 15.0 Å². The quantitative estimate of drug-likeness (QED) is 0.828. The Morgan fingerprint density at radius 2 is 1.92 bits per heavy atom. The van der Waals surface area contributed by atoms with Gasteiger partial charge < -0.3 is 15.0 Å². The van der Waals surface area contributed by atoms with E-state index in [0.29, 0.717) is 18.1 Å². The minimum atomic E-state index is -0.0575. The lowest BCUT2D eigenvalue weighted by Gasteiger charge is -2.45. The first-order valence-corrected chi connectivity index (χ1v) is 9.96. The van der Waals surface area contributed by atoms with Crippen LogP contribution in [0.15, 0.2) is 18.3 Å². The van der Waals surface area contributed by atoms with Crippen LogP contribution in [0.2, 0.25) is 0 Å². The molecule has 1 aromatic heterocycles. The number of pyridine rings is 1. The van der Waals surface area contributed by atoms with Crippen LogP contribution >= 0.6 is 0 Å². The number of hydrogen-bond acceptors (Lipinski definition) is 3. The molecule has 138 valence electrons. The van der Waals surface area contributed by atoms with Crippen LogP contribution in [0.5, 0.6) is 5.88 Å². The number of ether oxygens (including phenoxy) is 1. The SMILES string of the molecule is CCOc1ncccc1C(=O)NCC1([NH+]2CCCCC2)CCCCC1. The smallest absolute Gasteiger partial charge is 0.257 e. The third kappa shape index (κ3) is 4.32. The average Bonchev–Trinajstić information content (AvgIpc) is 2.68. The van der Waals surface area contributed by atoms with Gasteiger partial charge in [0.15, 0.2) is 0 Å². The molecule has 5 heteroatoms. The molecule has 0 atom stereocenters. The van der Waals surface area contributed by atoms with Crippen molar-refractivity contribution in [2.24, 2.45) is 0 Å². The lowest BCUT2D eigenvalue weighted by Crippen LogP contribution is -3.22. The molecule has 5 nitrogen and oxygen atoms in total. The van der Waals surface area contributed by atoms with E-state index in [1.165, 1.54) is 64.5 Å². The molecule has 1 aliphatic carbocycles. The summed E-state index contributed by atoms with van der Waals surface area (Å²) < 4.78 is 5.51. The molecule has 25 heavy (non-hydrogen) atoms. The van der Waals surface area contributed by atoms with Crippen molar-refractivity contribution >= 4 is 5.91 Å². The molecule has 0 spiro atoms. The molecule has 1 saturated heterocycles. The number of rotatable bonds is 6. The first-order chi connectivity index (χ1) is 12.2. The van der Waals surface area contributed by atoms with E-state index in [0.717, 1.165) is 6.54 Å². The molecular formula is C20H32N3O2+. The Balaban J connectivity index is 1.69. The zero-order chi connectivity index (χ0) is 17.5. The molecule has 2 aliphatic rings. The summed E-state index contributed by atoms with van der Waals surface area (Å²) >= 11 is 0. The van der Waals surface area contributed by atoms with E-state index in [1.807, 2.05) is 6.92 Å². The summed E-state index contributed by atoms with van der Waals surface area (Å²) in [6, 6.07) is 3.60. The van der Waals surface area contributed by atoms with Gasteiger partial charge in [-0.25, -0.2) is 4.98 Å². The van der Waals surface area contributed by atoms with Gasteiger partial charge in [-0.3, -0.25) is 4.79 Å². The van der Waals surface area contributed by atoms with E-state index >= 15 is 0 Å². The van der Waals surface area contributed by atoms with Crippen LogP contribution in [-0.2, 0) is 0 Å². The number of quaternary nitrogens is 1. The van der Waals surface area contributed by atoms with E-state index in [4.69, 9.17) is 4.74 Å². The molecule has 0 unspecified atom stereocenters. The van der Waals surface area contributed by atoms with E-state index < -0.39 is 0 Å². The number of piperidine rings is 1. The van der Waals surface area contributed by atoms with Gasteiger partial charge in [0, 0.05) is 19.0 Å². The number of nitrogens with zero attached hydrogens (tertiary/aromatic N) is 1. The third-order valence-electron chi connectivity index (χ3n) is 5.90. The Morgan fingerprint density at radius 3 is 2.64 bits per heavy atom. The number of hydrogen-bond donors (Lipinski definition) is 2.